The maximum Gasteiger partial charge on any atom is 0.0932 e. The van der Waals surface area contributed by atoms with Crippen LogP contribution in [0.25, 0.3) is 0 Å². The molecule has 0 aliphatic carbocycles. The molecule has 0 bridgehead atoms. The summed E-state index contributed by atoms with van der Waals surface area (Å²) in [7, 11) is 0. The molecule has 0 aromatic carbocycles. The van der Waals surface area contributed by atoms with E-state index in [4.69, 9.17) is 9.47 Å². The Hall–Kier alpha value is -0.120. The van der Waals surface area contributed by atoms with Gasteiger partial charge >= 0.3 is 0 Å². The highest BCUT2D eigenvalue weighted by Crippen LogP contribution is 2.17. The van der Waals surface area contributed by atoms with Gasteiger partial charge in [0.15, 0.2) is 0 Å². The van der Waals surface area contributed by atoms with Gasteiger partial charge in [-0.05, 0) is 33.6 Å². The lowest BCUT2D eigenvalue weighted by Gasteiger charge is -2.27. The molecular weight excluding hydrogens is 190 g/mol. The molecule has 0 spiro atoms. The topological polar surface area (TPSA) is 30.5 Å². The van der Waals surface area contributed by atoms with Gasteiger partial charge in [-0.25, -0.2) is 0 Å². The quantitative estimate of drug-likeness (QED) is 0.777. The van der Waals surface area contributed by atoms with Crippen molar-refractivity contribution in [2.45, 2.75) is 58.3 Å². The van der Waals surface area contributed by atoms with Crippen LogP contribution in [-0.2, 0) is 9.47 Å². The SMILES string of the molecule is CCC1(C)CCOC(COC(C)C)CN1. The van der Waals surface area contributed by atoms with Gasteiger partial charge in [-0.15, -0.1) is 0 Å². The molecule has 1 aliphatic heterocycles. The van der Waals surface area contributed by atoms with Crippen LogP contribution in [0, 0.1) is 0 Å². The minimum Gasteiger partial charge on any atom is -0.376 e. The Morgan fingerprint density at radius 3 is 2.87 bits per heavy atom. The fourth-order valence-corrected chi connectivity index (χ4v) is 1.67. The van der Waals surface area contributed by atoms with Crippen LogP contribution in [0.15, 0.2) is 0 Å². The van der Waals surface area contributed by atoms with E-state index in [9.17, 15) is 0 Å². The summed E-state index contributed by atoms with van der Waals surface area (Å²) in [5.74, 6) is 0. The smallest absolute Gasteiger partial charge is 0.0932 e. The molecule has 1 N–H and O–H groups in total. The van der Waals surface area contributed by atoms with E-state index in [0.717, 1.165) is 26.0 Å². The van der Waals surface area contributed by atoms with Gasteiger partial charge in [0.2, 0.25) is 0 Å². The molecule has 3 heteroatoms. The summed E-state index contributed by atoms with van der Waals surface area (Å²) in [6, 6.07) is 0. The van der Waals surface area contributed by atoms with Crippen LogP contribution in [0.4, 0.5) is 0 Å². The summed E-state index contributed by atoms with van der Waals surface area (Å²) in [6.45, 7) is 11.0. The van der Waals surface area contributed by atoms with E-state index in [0.29, 0.717) is 6.61 Å². The van der Waals surface area contributed by atoms with Crippen LogP contribution in [-0.4, -0.2) is 37.5 Å². The van der Waals surface area contributed by atoms with E-state index in [-0.39, 0.29) is 17.7 Å². The highest BCUT2D eigenvalue weighted by molar-refractivity contribution is 4.85. The molecule has 0 aromatic rings. The zero-order valence-corrected chi connectivity index (χ0v) is 10.5. The Balaban J connectivity index is 2.32. The molecule has 1 saturated heterocycles. The fraction of sp³-hybridized carbons (Fsp3) is 1.00. The van der Waals surface area contributed by atoms with Gasteiger partial charge in [0.1, 0.15) is 0 Å². The molecule has 1 aliphatic rings. The van der Waals surface area contributed by atoms with Crippen LogP contribution in [0.5, 0.6) is 0 Å². The molecule has 1 fully saturated rings. The van der Waals surface area contributed by atoms with Crippen LogP contribution in [0.2, 0.25) is 0 Å². The fourth-order valence-electron chi connectivity index (χ4n) is 1.67. The standard InChI is InChI=1S/C12H25NO2/c1-5-12(4)6-7-14-11(8-13-12)9-15-10(2)3/h10-11,13H,5-9H2,1-4H3. The number of ether oxygens (including phenoxy) is 2. The molecule has 0 radical (unpaired) electrons. The second-order valence-electron chi connectivity index (χ2n) is 4.92. The number of hydrogen-bond acceptors (Lipinski definition) is 3. The first-order valence-corrected chi connectivity index (χ1v) is 6.04. The molecular formula is C12H25NO2. The number of nitrogens with one attached hydrogen (secondary N) is 1. The van der Waals surface area contributed by atoms with Crippen molar-refractivity contribution in [2.75, 3.05) is 19.8 Å². The van der Waals surface area contributed by atoms with E-state index >= 15 is 0 Å². The zero-order chi connectivity index (χ0) is 11.3. The minimum atomic E-state index is 0.209. The summed E-state index contributed by atoms with van der Waals surface area (Å²) in [4.78, 5) is 0. The van der Waals surface area contributed by atoms with Crippen molar-refractivity contribution in [1.82, 2.24) is 5.32 Å². The van der Waals surface area contributed by atoms with Gasteiger partial charge in [-0.1, -0.05) is 6.92 Å². The van der Waals surface area contributed by atoms with Gasteiger partial charge in [-0.2, -0.15) is 0 Å². The van der Waals surface area contributed by atoms with E-state index in [1.54, 1.807) is 0 Å². The molecule has 2 unspecified atom stereocenters. The van der Waals surface area contributed by atoms with Crippen LogP contribution < -0.4 is 5.32 Å². The summed E-state index contributed by atoms with van der Waals surface area (Å²) < 4.78 is 11.3. The first-order chi connectivity index (χ1) is 7.06. The largest absolute Gasteiger partial charge is 0.376 e. The summed E-state index contributed by atoms with van der Waals surface area (Å²) in [6.07, 6.45) is 2.73. The van der Waals surface area contributed by atoms with Gasteiger partial charge in [-0.3, -0.25) is 0 Å². The normalized spacial score (nSPS) is 33.0. The lowest BCUT2D eigenvalue weighted by molar-refractivity contribution is -0.0273. The molecule has 1 rings (SSSR count). The van der Waals surface area contributed by atoms with Crippen molar-refractivity contribution in [3.05, 3.63) is 0 Å². The van der Waals surface area contributed by atoms with Crippen molar-refractivity contribution in [3.63, 3.8) is 0 Å². The molecule has 0 aromatic heterocycles. The molecule has 2 atom stereocenters. The van der Waals surface area contributed by atoms with Crippen molar-refractivity contribution in [1.29, 1.82) is 0 Å². The Bertz CT molecular complexity index is 184. The van der Waals surface area contributed by atoms with Gasteiger partial charge in [0.05, 0.1) is 18.8 Å². The molecule has 90 valence electrons. The van der Waals surface area contributed by atoms with E-state index in [1.807, 2.05) is 0 Å². The maximum atomic E-state index is 5.76. The lowest BCUT2D eigenvalue weighted by Crippen LogP contribution is -2.44. The molecule has 15 heavy (non-hydrogen) atoms. The van der Waals surface area contributed by atoms with Crippen LogP contribution in [0.1, 0.15) is 40.5 Å². The van der Waals surface area contributed by atoms with Crippen molar-refractivity contribution < 1.29 is 9.47 Å². The predicted molar refractivity (Wildman–Crippen MR) is 62.1 cm³/mol. The Kier molecular flexibility index (Phi) is 5.03. The van der Waals surface area contributed by atoms with Gasteiger partial charge in [0.25, 0.3) is 0 Å². The van der Waals surface area contributed by atoms with Gasteiger partial charge in [0, 0.05) is 18.7 Å². The van der Waals surface area contributed by atoms with E-state index in [2.05, 4.69) is 33.0 Å². The third kappa shape index (κ3) is 4.49. The van der Waals surface area contributed by atoms with Crippen LogP contribution in [0.3, 0.4) is 0 Å². The number of rotatable bonds is 4. The van der Waals surface area contributed by atoms with Crippen molar-refractivity contribution >= 4 is 0 Å². The van der Waals surface area contributed by atoms with E-state index in [1.165, 1.54) is 0 Å². The Labute approximate surface area is 93.5 Å². The highest BCUT2D eigenvalue weighted by atomic mass is 16.5. The monoisotopic (exact) mass is 215 g/mol. The third-order valence-electron chi connectivity index (χ3n) is 3.16. The number of hydrogen-bond donors (Lipinski definition) is 1. The minimum absolute atomic E-state index is 0.209. The summed E-state index contributed by atoms with van der Waals surface area (Å²) in [5, 5.41) is 3.58. The molecule has 3 nitrogen and oxygen atoms in total. The first kappa shape index (κ1) is 12.9. The Morgan fingerprint density at radius 2 is 2.27 bits per heavy atom. The zero-order valence-electron chi connectivity index (χ0n) is 10.5. The average Bonchev–Trinajstić information content (AvgIpc) is 2.38. The maximum absolute atomic E-state index is 5.76. The summed E-state index contributed by atoms with van der Waals surface area (Å²) >= 11 is 0. The second-order valence-corrected chi connectivity index (χ2v) is 4.92. The molecule has 1 heterocycles. The van der Waals surface area contributed by atoms with Gasteiger partial charge < -0.3 is 14.8 Å². The predicted octanol–water partition coefficient (Wildman–Crippen LogP) is 1.96. The first-order valence-electron chi connectivity index (χ1n) is 6.04. The molecule has 0 amide bonds. The second kappa shape index (κ2) is 5.83. The molecule has 0 saturated carbocycles. The van der Waals surface area contributed by atoms with Crippen LogP contribution >= 0.6 is 0 Å². The summed E-state index contributed by atoms with van der Waals surface area (Å²) in [5.41, 5.74) is 0.243. The lowest BCUT2D eigenvalue weighted by atomic mass is 9.95. The Morgan fingerprint density at radius 1 is 1.53 bits per heavy atom. The third-order valence-corrected chi connectivity index (χ3v) is 3.16. The average molecular weight is 215 g/mol. The van der Waals surface area contributed by atoms with Crippen molar-refractivity contribution in [2.24, 2.45) is 0 Å². The highest BCUT2D eigenvalue weighted by Gasteiger charge is 2.26. The van der Waals surface area contributed by atoms with Crippen molar-refractivity contribution in [3.8, 4) is 0 Å². The van der Waals surface area contributed by atoms with E-state index < -0.39 is 0 Å².